The van der Waals surface area contributed by atoms with Gasteiger partial charge in [-0.15, -0.1) is 0 Å². The van der Waals surface area contributed by atoms with E-state index >= 15 is 0 Å². The maximum Gasteiger partial charge on any atom is 0.0456 e. The zero-order valence-corrected chi connectivity index (χ0v) is 14.1. The predicted octanol–water partition coefficient (Wildman–Crippen LogP) is 6.26. The first-order chi connectivity index (χ1) is 9.81. The lowest BCUT2D eigenvalue weighted by atomic mass is 10.0. The molecule has 1 unspecified atom stereocenters. The van der Waals surface area contributed by atoms with Gasteiger partial charge in [0.05, 0.1) is 0 Å². The Labute approximate surface area is 127 Å². The summed E-state index contributed by atoms with van der Waals surface area (Å²) in [7, 11) is 0. The minimum absolute atomic E-state index is 0.348. The highest BCUT2D eigenvalue weighted by molar-refractivity contribution is 4.81. The summed E-state index contributed by atoms with van der Waals surface area (Å²) in [5.41, 5.74) is 0. The number of hydrogen-bond acceptors (Lipinski definition) is 1. The molecule has 20 heavy (non-hydrogen) atoms. The summed E-state index contributed by atoms with van der Waals surface area (Å²) in [5.74, 6) is 0.493. The number of allylic oxidation sites excluding steroid dienone is 2. The van der Waals surface area contributed by atoms with Crippen molar-refractivity contribution in [3.63, 3.8) is 0 Å². The van der Waals surface area contributed by atoms with Crippen molar-refractivity contribution in [3.05, 3.63) is 12.2 Å². The quantitative estimate of drug-likeness (QED) is 0.277. The molecule has 0 rings (SSSR count). The normalized spacial score (nSPS) is 13.2. The molecule has 0 spiro atoms. The van der Waals surface area contributed by atoms with E-state index in [1.807, 2.05) is 0 Å². The zero-order valence-electron chi connectivity index (χ0n) is 14.1. The van der Waals surface area contributed by atoms with Gasteiger partial charge in [-0.3, -0.25) is 0 Å². The molecule has 0 bridgehead atoms. The largest absolute Gasteiger partial charge is 0.396 e. The van der Waals surface area contributed by atoms with Crippen molar-refractivity contribution in [2.24, 2.45) is 5.92 Å². The number of unbranched alkanes of at least 4 members (excludes halogenated alkanes) is 10. The van der Waals surface area contributed by atoms with Gasteiger partial charge in [-0.1, -0.05) is 77.4 Å². The van der Waals surface area contributed by atoms with Crippen LogP contribution in [0.1, 0.15) is 97.3 Å². The van der Waals surface area contributed by atoms with E-state index in [9.17, 15) is 0 Å². The molecule has 0 saturated heterocycles. The minimum Gasteiger partial charge on any atom is -0.396 e. The van der Waals surface area contributed by atoms with E-state index in [0.29, 0.717) is 12.5 Å². The van der Waals surface area contributed by atoms with Crippen molar-refractivity contribution < 1.29 is 5.11 Å². The lowest BCUT2D eigenvalue weighted by molar-refractivity contribution is 0.227. The summed E-state index contributed by atoms with van der Waals surface area (Å²) in [6.07, 6.45) is 22.2. The summed E-state index contributed by atoms with van der Waals surface area (Å²) in [4.78, 5) is 0. The third-order valence-electron chi connectivity index (χ3n) is 4.02. The fourth-order valence-electron chi connectivity index (χ4n) is 2.48. The van der Waals surface area contributed by atoms with E-state index < -0.39 is 0 Å². The number of aliphatic hydroxyl groups is 1. The molecular weight excluding hydrogens is 244 g/mol. The maximum absolute atomic E-state index is 8.93. The lowest BCUT2D eigenvalue weighted by Gasteiger charge is -2.06. The Hall–Kier alpha value is -0.300. The van der Waals surface area contributed by atoms with Gasteiger partial charge in [0.1, 0.15) is 0 Å². The van der Waals surface area contributed by atoms with E-state index in [-0.39, 0.29) is 0 Å². The van der Waals surface area contributed by atoms with Crippen LogP contribution in [0.2, 0.25) is 0 Å². The molecule has 0 aliphatic carbocycles. The molecule has 0 radical (unpaired) electrons. The molecule has 1 nitrogen and oxygen atoms in total. The Kier molecular flexibility index (Phi) is 16.5. The Morgan fingerprint density at radius 3 is 1.80 bits per heavy atom. The standard InChI is InChI=1S/C19H38O/c1-3-4-5-6-7-8-9-10-11-12-13-14-15-16-17-19(2)18-20/h10-11,19-20H,3-9,12-18H2,1-2H3. The van der Waals surface area contributed by atoms with Gasteiger partial charge in [0.25, 0.3) is 0 Å². The molecule has 0 aromatic rings. The highest BCUT2D eigenvalue weighted by Crippen LogP contribution is 2.11. The highest BCUT2D eigenvalue weighted by Gasteiger charge is 1.98. The highest BCUT2D eigenvalue weighted by atomic mass is 16.3. The van der Waals surface area contributed by atoms with Crippen LogP contribution < -0.4 is 0 Å². The Morgan fingerprint density at radius 1 is 0.750 bits per heavy atom. The Morgan fingerprint density at radius 2 is 1.25 bits per heavy atom. The summed E-state index contributed by atoms with van der Waals surface area (Å²) >= 11 is 0. The first-order valence-electron chi connectivity index (χ1n) is 9.07. The van der Waals surface area contributed by atoms with Crippen LogP contribution >= 0.6 is 0 Å². The van der Waals surface area contributed by atoms with Gasteiger partial charge in [-0.2, -0.15) is 0 Å². The molecule has 120 valence electrons. The lowest BCUT2D eigenvalue weighted by Crippen LogP contribution is -1.99. The van der Waals surface area contributed by atoms with Crippen molar-refractivity contribution in [2.45, 2.75) is 97.3 Å². The van der Waals surface area contributed by atoms with Crippen molar-refractivity contribution in [3.8, 4) is 0 Å². The van der Waals surface area contributed by atoms with E-state index in [1.165, 1.54) is 83.5 Å². The smallest absolute Gasteiger partial charge is 0.0456 e. The first-order valence-corrected chi connectivity index (χ1v) is 9.07. The average Bonchev–Trinajstić information content (AvgIpc) is 2.47. The van der Waals surface area contributed by atoms with Gasteiger partial charge in [0, 0.05) is 6.61 Å². The van der Waals surface area contributed by atoms with Gasteiger partial charge in [-0.25, -0.2) is 0 Å². The van der Waals surface area contributed by atoms with Crippen LogP contribution in [0.25, 0.3) is 0 Å². The molecule has 0 aromatic heterocycles. The fraction of sp³-hybridized carbons (Fsp3) is 0.895. The van der Waals surface area contributed by atoms with Crippen LogP contribution in [-0.2, 0) is 0 Å². The molecular formula is C19H38O. The number of hydrogen-bond donors (Lipinski definition) is 1. The molecule has 0 aliphatic rings. The first kappa shape index (κ1) is 19.7. The monoisotopic (exact) mass is 282 g/mol. The predicted molar refractivity (Wildman–Crippen MR) is 91.1 cm³/mol. The van der Waals surface area contributed by atoms with Crippen molar-refractivity contribution in [2.75, 3.05) is 6.61 Å². The second kappa shape index (κ2) is 16.8. The van der Waals surface area contributed by atoms with Crippen molar-refractivity contribution in [1.29, 1.82) is 0 Å². The molecule has 0 aliphatic heterocycles. The van der Waals surface area contributed by atoms with E-state index in [2.05, 4.69) is 26.0 Å². The topological polar surface area (TPSA) is 20.2 Å². The van der Waals surface area contributed by atoms with Crippen molar-refractivity contribution in [1.82, 2.24) is 0 Å². The van der Waals surface area contributed by atoms with Crippen LogP contribution in [0.5, 0.6) is 0 Å². The summed E-state index contributed by atoms with van der Waals surface area (Å²) < 4.78 is 0. The molecule has 0 saturated carbocycles. The summed E-state index contributed by atoms with van der Waals surface area (Å²) in [5, 5.41) is 8.93. The van der Waals surface area contributed by atoms with Crippen LogP contribution in [-0.4, -0.2) is 11.7 Å². The van der Waals surface area contributed by atoms with E-state index in [4.69, 9.17) is 5.11 Å². The minimum atomic E-state index is 0.348. The van der Waals surface area contributed by atoms with Crippen LogP contribution in [0.15, 0.2) is 12.2 Å². The van der Waals surface area contributed by atoms with Gasteiger partial charge >= 0.3 is 0 Å². The van der Waals surface area contributed by atoms with Gasteiger partial charge in [0.2, 0.25) is 0 Å². The van der Waals surface area contributed by atoms with Gasteiger partial charge < -0.3 is 5.11 Å². The molecule has 0 amide bonds. The van der Waals surface area contributed by atoms with Crippen molar-refractivity contribution >= 4 is 0 Å². The molecule has 1 heteroatoms. The summed E-state index contributed by atoms with van der Waals surface area (Å²) in [6, 6.07) is 0. The van der Waals surface area contributed by atoms with Crippen LogP contribution in [0.4, 0.5) is 0 Å². The molecule has 0 aromatic carbocycles. The molecule has 1 N–H and O–H groups in total. The number of aliphatic hydroxyl groups excluding tert-OH is 1. The third-order valence-corrected chi connectivity index (χ3v) is 4.02. The van der Waals surface area contributed by atoms with Crippen LogP contribution in [0, 0.1) is 5.92 Å². The Bertz CT molecular complexity index is 198. The average molecular weight is 283 g/mol. The second-order valence-electron chi connectivity index (χ2n) is 6.31. The van der Waals surface area contributed by atoms with Gasteiger partial charge in [-0.05, 0) is 38.0 Å². The fourth-order valence-corrected chi connectivity index (χ4v) is 2.48. The molecule has 1 atom stereocenters. The van der Waals surface area contributed by atoms with E-state index in [1.54, 1.807) is 0 Å². The molecule has 0 heterocycles. The number of rotatable bonds is 15. The van der Waals surface area contributed by atoms with Crippen LogP contribution in [0.3, 0.4) is 0 Å². The second-order valence-corrected chi connectivity index (χ2v) is 6.31. The Balaban J connectivity index is 3.09. The summed E-state index contributed by atoms with van der Waals surface area (Å²) in [6.45, 7) is 4.75. The zero-order chi connectivity index (χ0) is 14.9. The maximum atomic E-state index is 8.93. The van der Waals surface area contributed by atoms with Gasteiger partial charge in [0.15, 0.2) is 0 Å². The van der Waals surface area contributed by atoms with E-state index in [0.717, 1.165) is 0 Å². The third kappa shape index (κ3) is 15.8. The SMILES string of the molecule is CCCCCCCCC=CCCCCCCC(C)CO. The molecule has 0 fully saturated rings.